The average molecular weight is 499 g/mol. The highest BCUT2D eigenvalue weighted by molar-refractivity contribution is 7.89. The quantitative estimate of drug-likeness (QED) is 0.456. The van der Waals surface area contributed by atoms with Crippen LogP contribution in [0.3, 0.4) is 0 Å². The summed E-state index contributed by atoms with van der Waals surface area (Å²) in [6.07, 6.45) is 0.765. The number of sulfonamides is 1. The molecule has 0 radical (unpaired) electrons. The highest BCUT2D eigenvalue weighted by atomic mass is 32.2. The molecular formula is C26H30N2O4S2. The molecule has 3 aromatic rings. The van der Waals surface area contributed by atoms with Gasteiger partial charge in [0.25, 0.3) is 0 Å². The molecule has 2 aromatic carbocycles. The summed E-state index contributed by atoms with van der Waals surface area (Å²) in [5.74, 6) is 0.631. The first kappa shape index (κ1) is 24.4. The van der Waals surface area contributed by atoms with E-state index in [1.165, 1.54) is 9.18 Å². The zero-order valence-corrected chi connectivity index (χ0v) is 21.3. The van der Waals surface area contributed by atoms with Gasteiger partial charge in [-0.3, -0.25) is 4.79 Å². The van der Waals surface area contributed by atoms with E-state index in [4.69, 9.17) is 4.74 Å². The SMILES string of the molecule is COc1ccc(C2c3ccsc3CCN2C(=O)CN(CC(C)C)S(=O)(=O)c2ccccc2)cc1. The molecule has 0 spiro atoms. The molecule has 0 saturated carbocycles. The smallest absolute Gasteiger partial charge is 0.243 e. The lowest BCUT2D eigenvalue weighted by atomic mass is 9.93. The van der Waals surface area contributed by atoms with Crippen molar-refractivity contribution < 1.29 is 17.9 Å². The lowest BCUT2D eigenvalue weighted by molar-refractivity contribution is -0.133. The number of hydrogen-bond acceptors (Lipinski definition) is 5. The zero-order valence-electron chi connectivity index (χ0n) is 19.7. The number of hydrogen-bond donors (Lipinski definition) is 0. The lowest BCUT2D eigenvalue weighted by Gasteiger charge is -2.37. The van der Waals surface area contributed by atoms with Crippen LogP contribution < -0.4 is 4.74 Å². The molecule has 180 valence electrons. The number of rotatable bonds is 8. The fraction of sp³-hybridized carbons (Fsp3) is 0.346. The second-order valence-corrected chi connectivity index (χ2v) is 11.8. The zero-order chi connectivity index (χ0) is 24.3. The molecule has 0 aliphatic carbocycles. The van der Waals surface area contributed by atoms with Gasteiger partial charge < -0.3 is 9.64 Å². The molecular weight excluding hydrogens is 468 g/mol. The Hall–Kier alpha value is -2.68. The van der Waals surface area contributed by atoms with E-state index in [1.807, 2.05) is 43.0 Å². The summed E-state index contributed by atoms with van der Waals surface area (Å²) >= 11 is 1.70. The molecule has 1 aliphatic heterocycles. The number of carbonyl (C=O) groups excluding carboxylic acids is 1. The first-order valence-corrected chi connectivity index (χ1v) is 13.7. The van der Waals surface area contributed by atoms with Crippen LogP contribution >= 0.6 is 11.3 Å². The predicted molar refractivity (Wildman–Crippen MR) is 135 cm³/mol. The van der Waals surface area contributed by atoms with E-state index in [9.17, 15) is 13.2 Å². The number of benzene rings is 2. The molecule has 1 atom stereocenters. The van der Waals surface area contributed by atoms with Crippen LogP contribution in [0.15, 0.2) is 70.9 Å². The summed E-state index contributed by atoms with van der Waals surface area (Å²) in [6, 6.07) is 17.9. The van der Waals surface area contributed by atoms with Gasteiger partial charge in [0.2, 0.25) is 15.9 Å². The highest BCUT2D eigenvalue weighted by Crippen LogP contribution is 2.38. The van der Waals surface area contributed by atoms with Gasteiger partial charge in [0.1, 0.15) is 5.75 Å². The molecule has 0 saturated heterocycles. The maximum absolute atomic E-state index is 13.7. The maximum Gasteiger partial charge on any atom is 0.243 e. The van der Waals surface area contributed by atoms with E-state index >= 15 is 0 Å². The molecule has 2 heterocycles. The largest absolute Gasteiger partial charge is 0.497 e. The van der Waals surface area contributed by atoms with Crippen molar-refractivity contribution in [3.8, 4) is 5.75 Å². The van der Waals surface area contributed by atoms with Crippen molar-refractivity contribution in [1.82, 2.24) is 9.21 Å². The topological polar surface area (TPSA) is 66.9 Å². The highest BCUT2D eigenvalue weighted by Gasteiger charge is 2.35. The Morgan fingerprint density at radius 2 is 1.82 bits per heavy atom. The average Bonchev–Trinajstić information content (AvgIpc) is 3.32. The van der Waals surface area contributed by atoms with E-state index in [0.29, 0.717) is 6.54 Å². The lowest BCUT2D eigenvalue weighted by Crippen LogP contribution is -2.47. The van der Waals surface area contributed by atoms with Gasteiger partial charge in [-0.05, 0) is 59.2 Å². The van der Waals surface area contributed by atoms with Crippen LogP contribution in [0.1, 0.15) is 35.9 Å². The van der Waals surface area contributed by atoms with Gasteiger partial charge in [-0.25, -0.2) is 8.42 Å². The number of carbonyl (C=O) groups is 1. The minimum Gasteiger partial charge on any atom is -0.497 e. The predicted octanol–water partition coefficient (Wildman–Crippen LogP) is 4.58. The number of fused-ring (bicyclic) bond motifs is 1. The molecule has 4 rings (SSSR count). The maximum atomic E-state index is 13.7. The second kappa shape index (κ2) is 10.3. The minimum absolute atomic E-state index is 0.0773. The Morgan fingerprint density at radius 3 is 2.47 bits per heavy atom. The normalized spacial score (nSPS) is 16.0. The number of amides is 1. The van der Waals surface area contributed by atoms with E-state index in [0.717, 1.165) is 23.3 Å². The van der Waals surface area contributed by atoms with Crippen LogP contribution in [0.4, 0.5) is 0 Å². The molecule has 1 unspecified atom stereocenters. The molecule has 1 aliphatic rings. The van der Waals surface area contributed by atoms with Gasteiger partial charge in [-0.15, -0.1) is 11.3 Å². The Morgan fingerprint density at radius 1 is 1.12 bits per heavy atom. The number of thiophene rings is 1. The van der Waals surface area contributed by atoms with Crippen LogP contribution in [-0.2, 0) is 21.2 Å². The molecule has 6 nitrogen and oxygen atoms in total. The van der Waals surface area contributed by atoms with E-state index in [2.05, 4.69) is 11.4 Å². The van der Waals surface area contributed by atoms with Crippen molar-refractivity contribution in [2.24, 2.45) is 5.92 Å². The minimum atomic E-state index is -3.80. The third kappa shape index (κ3) is 5.04. The van der Waals surface area contributed by atoms with Crippen molar-refractivity contribution in [2.45, 2.75) is 31.2 Å². The van der Waals surface area contributed by atoms with Gasteiger partial charge in [0.05, 0.1) is 24.6 Å². The standard InChI is InChI=1S/C26H30N2O4S2/c1-19(2)17-27(34(30,31)22-7-5-4-6-8-22)18-25(29)28-15-13-24-23(14-16-33-24)26(28)20-9-11-21(32-3)12-10-20/h4-12,14,16,19,26H,13,15,17-18H2,1-3H3. The fourth-order valence-corrected chi connectivity index (χ4v) is 6.85. The van der Waals surface area contributed by atoms with Gasteiger partial charge in [-0.1, -0.05) is 44.2 Å². The van der Waals surface area contributed by atoms with Crippen molar-refractivity contribution in [3.05, 3.63) is 82.0 Å². The number of ether oxygens (including phenoxy) is 1. The summed E-state index contributed by atoms with van der Waals surface area (Å²) in [7, 11) is -2.18. The number of methoxy groups -OCH3 is 1. The first-order valence-electron chi connectivity index (χ1n) is 11.4. The summed E-state index contributed by atoms with van der Waals surface area (Å²) in [4.78, 5) is 17.0. The van der Waals surface area contributed by atoms with E-state index in [1.54, 1.807) is 48.8 Å². The van der Waals surface area contributed by atoms with Gasteiger partial charge in [0.15, 0.2) is 0 Å². The van der Waals surface area contributed by atoms with Gasteiger partial charge >= 0.3 is 0 Å². The summed E-state index contributed by atoms with van der Waals surface area (Å²) in [6.45, 7) is 4.53. The number of nitrogens with zero attached hydrogens (tertiary/aromatic N) is 2. The van der Waals surface area contributed by atoms with Crippen LogP contribution in [0.25, 0.3) is 0 Å². The monoisotopic (exact) mass is 498 g/mol. The van der Waals surface area contributed by atoms with Crippen LogP contribution in [0, 0.1) is 5.92 Å². The Kier molecular flexibility index (Phi) is 7.40. The van der Waals surface area contributed by atoms with Crippen LogP contribution in [0.5, 0.6) is 5.75 Å². The van der Waals surface area contributed by atoms with Gasteiger partial charge in [0, 0.05) is 18.0 Å². The molecule has 1 aromatic heterocycles. The van der Waals surface area contributed by atoms with Crippen LogP contribution in [0.2, 0.25) is 0 Å². The third-order valence-corrected chi connectivity index (χ3v) is 8.80. The summed E-state index contributed by atoms with van der Waals surface area (Å²) in [5.41, 5.74) is 2.09. The van der Waals surface area contributed by atoms with Crippen molar-refractivity contribution in [1.29, 1.82) is 0 Å². The van der Waals surface area contributed by atoms with E-state index < -0.39 is 10.0 Å². The molecule has 0 fully saturated rings. The van der Waals surface area contributed by atoms with Crippen molar-refractivity contribution in [2.75, 3.05) is 26.7 Å². The molecule has 34 heavy (non-hydrogen) atoms. The summed E-state index contributed by atoms with van der Waals surface area (Å²) < 4.78 is 33.4. The Bertz CT molecular complexity index is 1220. The molecule has 8 heteroatoms. The Labute approximate surface area is 205 Å². The third-order valence-electron chi connectivity index (χ3n) is 5.98. The van der Waals surface area contributed by atoms with Crippen LogP contribution in [-0.4, -0.2) is 50.3 Å². The molecule has 1 amide bonds. The second-order valence-electron chi connectivity index (χ2n) is 8.82. The molecule has 0 bridgehead atoms. The summed E-state index contributed by atoms with van der Waals surface area (Å²) in [5, 5.41) is 2.06. The first-order chi connectivity index (χ1) is 16.3. The fourth-order valence-electron chi connectivity index (χ4n) is 4.37. The van der Waals surface area contributed by atoms with Gasteiger partial charge in [-0.2, -0.15) is 4.31 Å². The van der Waals surface area contributed by atoms with Crippen molar-refractivity contribution in [3.63, 3.8) is 0 Å². The van der Waals surface area contributed by atoms with Crippen molar-refractivity contribution >= 4 is 27.3 Å². The van der Waals surface area contributed by atoms with E-state index in [-0.39, 0.29) is 35.9 Å². The Balaban J connectivity index is 1.66. The molecule has 0 N–H and O–H groups in total.